The van der Waals surface area contributed by atoms with Crippen LogP contribution in [0.3, 0.4) is 0 Å². The third-order valence-electron chi connectivity index (χ3n) is 3.71. The van der Waals surface area contributed by atoms with Crippen LogP contribution in [0.4, 0.5) is 17.5 Å². The van der Waals surface area contributed by atoms with E-state index in [9.17, 15) is 8.42 Å². The summed E-state index contributed by atoms with van der Waals surface area (Å²) in [5, 5.41) is 6.15. The molecule has 10 heteroatoms. The number of hydrogen-bond acceptors (Lipinski definition) is 7. The molecule has 25 heavy (non-hydrogen) atoms. The Morgan fingerprint density at radius 1 is 1.00 bits per heavy atom. The fraction of sp³-hybridized carbons (Fsp3) is 0.400. The first-order chi connectivity index (χ1) is 12.1. The lowest BCUT2D eigenvalue weighted by Gasteiger charge is -2.16. The Balaban J connectivity index is 1.48. The number of nitrogens with zero attached hydrogens (tertiary/aromatic N) is 4. The van der Waals surface area contributed by atoms with E-state index in [1.54, 1.807) is 12.3 Å². The molecule has 3 N–H and O–H groups in total. The Bertz CT molecular complexity index is 779. The molecule has 1 fully saturated rings. The van der Waals surface area contributed by atoms with Crippen LogP contribution >= 0.6 is 0 Å². The molecule has 0 bridgehead atoms. The van der Waals surface area contributed by atoms with Crippen LogP contribution in [0.5, 0.6) is 0 Å². The van der Waals surface area contributed by atoms with Crippen molar-refractivity contribution in [1.29, 1.82) is 0 Å². The van der Waals surface area contributed by atoms with Gasteiger partial charge in [-0.2, -0.15) is 12.7 Å². The average molecular weight is 363 g/mol. The molecule has 0 atom stereocenters. The zero-order valence-electron chi connectivity index (χ0n) is 13.7. The second kappa shape index (κ2) is 8.19. The van der Waals surface area contributed by atoms with Crippen molar-refractivity contribution < 1.29 is 8.42 Å². The summed E-state index contributed by atoms with van der Waals surface area (Å²) in [5.41, 5.74) is 0. The highest BCUT2D eigenvalue weighted by atomic mass is 32.2. The van der Waals surface area contributed by atoms with E-state index >= 15 is 0 Å². The van der Waals surface area contributed by atoms with Gasteiger partial charge in [-0.1, -0.05) is 6.07 Å². The Labute approximate surface area is 147 Å². The summed E-state index contributed by atoms with van der Waals surface area (Å²) in [4.78, 5) is 12.4. The van der Waals surface area contributed by atoms with E-state index in [0.717, 1.165) is 12.8 Å². The van der Waals surface area contributed by atoms with E-state index in [1.807, 2.05) is 18.2 Å². The monoisotopic (exact) mass is 363 g/mol. The lowest BCUT2D eigenvalue weighted by molar-refractivity contribution is 0.466. The molecule has 2 aromatic heterocycles. The molecule has 0 radical (unpaired) electrons. The fourth-order valence-electron chi connectivity index (χ4n) is 2.48. The van der Waals surface area contributed by atoms with Gasteiger partial charge in [-0.15, -0.1) is 0 Å². The minimum Gasteiger partial charge on any atom is -0.369 e. The predicted molar refractivity (Wildman–Crippen MR) is 95.8 cm³/mol. The Hall–Kier alpha value is -2.30. The van der Waals surface area contributed by atoms with Crippen LogP contribution in [0.2, 0.25) is 0 Å². The third-order valence-corrected chi connectivity index (χ3v) is 5.32. The topological polar surface area (TPSA) is 112 Å². The van der Waals surface area contributed by atoms with Crippen molar-refractivity contribution in [1.82, 2.24) is 24.0 Å². The van der Waals surface area contributed by atoms with Crippen LogP contribution < -0.4 is 15.4 Å². The van der Waals surface area contributed by atoms with Crippen molar-refractivity contribution in [3.63, 3.8) is 0 Å². The van der Waals surface area contributed by atoms with Gasteiger partial charge in [0.25, 0.3) is 10.2 Å². The van der Waals surface area contributed by atoms with Crippen LogP contribution in [-0.4, -0.2) is 53.9 Å². The molecule has 1 aliphatic rings. The number of rotatable bonds is 8. The molecule has 3 rings (SSSR count). The smallest absolute Gasteiger partial charge is 0.279 e. The Morgan fingerprint density at radius 3 is 2.56 bits per heavy atom. The van der Waals surface area contributed by atoms with Gasteiger partial charge in [0.1, 0.15) is 23.8 Å². The average Bonchev–Trinajstić information content (AvgIpc) is 3.16. The zero-order valence-corrected chi connectivity index (χ0v) is 14.5. The lowest BCUT2D eigenvalue weighted by atomic mass is 10.4. The minimum atomic E-state index is -3.37. The Kier molecular flexibility index (Phi) is 5.74. The molecule has 0 aromatic carbocycles. The van der Waals surface area contributed by atoms with Crippen molar-refractivity contribution in [3.05, 3.63) is 36.8 Å². The normalized spacial score (nSPS) is 15.2. The van der Waals surface area contributed by atoms with Crippen molar-refractivity contribution >= 4 is 27.7 Å². The van der Waals surface area contributed by atoms with Crippen LogP contribution in [0, 0.1) is 0 Å². The molecule has 0 spiro atoms. The molecule has 0 amide bonds. The molecule has 134 valence electrons. The summed E-state index contributed by atoms with van der Waals surface area (Å²) in [6.07, 6.45) is 4.97. The van der Waals surface area contributed by atoms with Gasteiger partial charge < -0.3 is 10.6 Å². The van der Waals surface area contributed by atoms with Gasteiger partial charge in [-0.25, -0.2) is 19.7 Å². The predicted octanol–water partition coefficient (Wildman–Crippen LogP) is 0.957. The highest BCUT2D eigenvalue weighted by Crippen LogP contribution is 2.13. The maximum Gasteiger partial charge on any atom is 0.279 e. The SMILES string of the molecule is O=S(=O)(NCCNc1cc(Nc2ccccn2)ncn1)N1CCCC1. The molecule has 9 nitrogen and oxygen atoms in total. The van der Waals surface area contributed by atoms with E-state index in [-0.39, 0.29) is 6.54 Å². The van der Waals surface area contributed by atoms with Gasteiger partial charge in [0, 0.05) is 38.4 Å². The zero-order chi connectivity index (χ0) is 17.5. The maximum atomic E-state index is 12.0. The van der Waals surface area contributed by atoms with E-state index in [4.69, 9.17) is 0 Å². The summed E-state index contributed by atoms with van der Waals surface area (Å²) in [6.45, 7) is 1.90. The van der Waals surface area contributed by atoms with Gasteiger partial charge in [0.2, 0.25) is 0 Å². The molecular formula is C15H21N7O2S. The minimum absolute atomic E-state index is 0.284. The highest BCUT2D eigenvalue weighted by Gasteiger charge is 2.24. The summed E-state index contributed by atoms with van der Waals surface area (Å²) in [7, 11) is -3.37. The van der Waals surface area contributed by atoms with Crippen molar-refractivity contribution in [2.24, 2.45) is 0 Å². The third kappa shape index (κ3) is 5.08. The maximum absolute atomic E-state index is 12.0. The number of hydrogen-bond donors (Lipinski definition) is 3. The van der Waals surface area contributed by atoms with Crippen LogP contribution in [-0.2, 0) is 10.2 Å². The first-order valence-corrected chi connectivity index (χ1v) is 9.56. The molecular weight excluding hydrogens is 342 g/mol. The van der Waals surface area contributed by atoms with Gasteiger partial charge in [-0.05, 0) is 25.0 Å². The van der Waals surface area contributed by atoms with Crippen molar-refractivity contribution in [2.45, 2.75) is 12.8 Å². The van der Waals surface area contributed by atoms with Crippen molar-refractivity contribution in [2.75, 3.05) is 36.8 Å². The van der Waals surface area contributed by atoms with Gasteiger partial charge in [0.15, 0.2) is 0 Å². The summed E-state index contributed by atoms with van der Waals surface area (Å²) < 4.78 is 28.2. The van der Waals surface area contributed by atoms with E-state index < -0.39 is 10.2 Å². The number of pyridine rings is 1. The van der Waals surface area contributed by atoms with Gasteiger partial charge in [0.05, 0.1) is 0 Å². The standard InChI is InChI=1S/C15H21N7O2S/c23-25(24,22-9-3-4-10-22)20-8-7-17-14-11-15(19-12-18-14)21-13-5-1-2-6-16-13/h1-2,5-6,11-12,20H,3-4,7-10H2,(H2,16,17,18,19,21). The summed E-state index contributed by atoms with van der Waals surface area (Å²) in [6, 6.07) is 7.29. The Morgan fingerprint density at radius 2 is 1.80 bits per heavy atom. The summed E-state index contributed by atoms with van der Waals surface area (Å²) >= 11 is 0. The molecule has 0 aliphatic carbocycles. The van der Waals surface area contributed by atoms with E-state index in [1.165, 1.54) is 10.6 Å². The lowest BCUT2D eigenvalue weighted by Crippen LogP contribution is -2.40. The molecule has 0 unspecified atom stereocenters. The molecule has 2 aromatic rings. The van der Waals surface area contributed by atoms with Gasteiger partial charge >= 0.3 is 0 Å². The van der Waals surface area contributed by atoms with Crippen LogP contribution in [0.25, 0.3) is 0 Å². The highest BCUT2D eigenvalue weighted by molar-refractivity contribution is 7.87. The van der Waals surface area contributed by atoms with E-state index in [0.29, 0.717) is 37.1 Å². The quantitative estimate of drug-likeness (QED) is 0.599. The summed E-state index contributed by atoms with van der Waals surface area (Å²) in [5.74, 6) is 1.90. The van der Waals surface area contributed by atoms with Crippen molar-refractivity contribution in [3.8, 4) is 0 Å². The fourth-order valence-corrected chi connectivity index (χ4v) is 3.76. The molecule has 1 aliphatic heterocycles. The second-order valence-electron chi connectivity index (χ2n) is 5.56. The number of anilines is 3. The van der Waals surface area contributed by atoms with Gasteiger partial charge in [-0.3, -0.25) is 0 Å². The molecule has 0 saturated carbocycles. The second-order valence-corrected chi connectivity index (χ2v) is 7.32. The first-order valence-electron chi connectivity index (χ1n) is 8.12. The number of nitrogens with one attached hydrogen (secondary N) is 3. The first kappa shape index (κ1) is 17.5. The number of aromatic nitrogens is 3. The van der Waals surface area contributed by atoms with E-state index in [2.05, 4.69) is 30.3 Å². The van der Waals surface area contributed by atoms with Crippen LogP contribution in [0.1, 0.15) is 12.8 Å². The molecule has 1 saturated heterocycles. The molecule has 3 heterocycles. The largest absolute Gasteiger partial charge is 0.369 e. The van der Waals surface area contributed by atoms with Crippen LogP contribution in [0.15, 0.2) is 36.8 Å².